The molecule has 0 aliphatic carbocycles. The molecule has 0 radical (unpaired) electrons. The van der Waals surface area contributed by atoms with Gasteiger partial charge in [0, 0.05) is 12.1 Å². The quantitative estimate of drug-likeness (QED) is 0.729. The second kappa shape index (κ2) is 7.01. The third kappa shape index (κ3) is 4.20. The van der Waals surface area contributed by atoms with Crippen molar-refractivity contribution in [1.82, 2.24) is 4.90 Å². The first-order valence-electron chi connectivity index (χ1n) is 7.57. The van der Waals surface area contributed by atoms with E-state index in [1.165, 1.54) is 23.9 Å². The van der Waals surface area contributed by atoms with Gasteiger partial charge in [-0.25, -0.2) is 0 Å². The minimum absolute atomic E-state index is 0.0407. The Kier molecular flexibility index (Phi) is 5.42. The van der Waals surface area contributed by atoms with Crippen molar-refractivity contribution in [2.75, 3.05) is 0 Å². The van der Waals surface area contributed by atoms with Crippen LogP contribution in [0.5, 0.6) is 0 Å². The number of halogens is 3. The summed E-state index contributed by atoms with van der Waals surface area (Å²) in [5.74, 6) is -0.172. The number of aliphatic imine (C=N–C) groups is 1. The number of hydrogen-bond donors (Lipinski definition) is 0. The van der Waals surface area contributed by atoms with E-state index < -0.39 is 11.7 Å². The van der Waals surface area contributed by atoms with Crippen molar-refractivity contribution in [3.8, 4) is 0 Å². The van der Waals surface area contributed by atoms with E-state index in [4.69, 9.17) is 0 Å². The van der Waals surface area contributed by atoms with Gasteiger partial charge in [-0.3, -0.25) is 14.7 Å². The topological polar surface area (TPSA) is 32.7 Å². The van der Waals surface area contributed by atoms with Gasteiger partial charge in [0.1, 0.15) is 0 Å². The minimum atomic E-state index is -4.37. The average molecular weight is 356 g/mol. The van der Waals surface area contributed by atoms with Gasteiger partial charge >= 0.3 is 6.18 Å². The maximum atomic E-state index is 12.6. The van der Waals surface area contributed by atoms with Gasteiger partial charge in [-0.1, -0.05) is 12.1 Å². The number of amidine groups is 1. The zero-order valence-corrected chi connectivity index (χ0v) is 14.7. The SMILES string of the molecule is CC(C)N=C1S/C(=C/c2ccc(C(F)(F)F)cc2)C(=O)N1C(C)C. The zero-order chi connectivity index (χ0) is 18.1. The number of carbonyl (C=O) groups is 1. The molecule has 0 atom stereocenters. The molecule has 1 aliphatic heterocycles. The molecule has 1 saturated heterocycles. The average Bonchev–Trinajstić information content (AvgIpc) is 2.73. The second-order valence-electron chi connectivity index (χ2n) is 6.00. The van der Waals surface area contributed by atoms with Gasteiger partial charge < -0.3 is 0 Å². The summed E-state index contributed by atoms with van der Waals surface area (Å²) in [6.07, 6.45) is -2.76. The van der Waals surface area contributed by atoms with Crippen LogP contribution in [0.1, 0.15) is 38.8 Å². The lowest BCUT2D eigenvalue weighted by Crippen LogP contribution is -2.35. The van der Waals surface area contributed by atoms with Gasteiger partial charge in [0.25, 0.3) is 5.91 Å². The predicted octanol–water partition coefficient (Wildman–Crippen LogP) is 4.79. The summed E-state index contributed by atoms with van der Waals surface area (Å²) in [6, 6.07) is 4.76. The summed E-state index contributed by atoms with van der Waals surface area (Å²) in [5, 5.41) is 0.628. The maximum Gasteiger partial charge on any atom is 0.416 e. The normalized spacial score (nSPS) is 19.4. The molecule has 0 unspecified atom stereocenters. The summed E-state index contributed by atoms with van der Waals surface area (Å²) in [5.41, 5.74) is -0.158. The van der Waals surface area contributed by atoms with Gasteiger partial charge in [-0.15, -0.1) is 0 Å². The molecule has 1 heterocycles. The van der Waals surface area contributed by atoms with Gasteiger partial charge in [-0.2, -0.15) is 13.2 Å². The minimum Gasteiger partial charge on any atom is -0.284 e. The van der Waals surface area contributed by atoms with Gasteiger partial charge in [-0.05, 0) is 63.2 Å². The molecule has 0 saturated carbocycles. The van der Waals surface area contributed by atoms with Crippen molar-refractivity contribution in [3.05, 3.63) is 40.3 Å². The second-order valence-corrected chi connectivity index (χ2v) is 7.01. The Balaban J connectivity index is 2.31. The molecule has 3 nitrogen and oxygen atoms in total. The Labute approximate surface area is 143 Å². The van der Waals surface area contributed by atoms with Crippen molar-refractivity contribution in [2.24, 2.45) is 4.99 Å². The summed E-state index contributed by atoms with van der Waals surface area (Å²) < 4.78 is 37.8. The fraction of sp³-hybridized carbons (Fsp3) is 0.412. The van der Waals surface area contributed by atoms with Crippen LogP contribution in [0.25, 0.3) is 6.08 Å². The van der Waals surface area contributed by atoms with Crippen molar-refractivity contribution in [1.29, 1.82) is 0 Å². The number of thioether (sulfide) groups is 1. The summed E-state index contributed by atoms with van der Waals surface area (Å²) in [4.78, 5) is 19.1. The van der Waals surface area contributed by atoms with Crippen molar-refractivity contribution in [3.63, 3.8) is 0 Å². The number of rotatable bonds is 3. The third-order valence-corrected chi connectivity index (χ3v) is 4.25. The Morgan fingerprint density at radius 1 is 1.12 bits per heavy atom. The molecule has 24 heavy (non-hydrogen) atoms. The summed E-state index contributed by atoms with van der Waals surface area (Å²) in [6.45, 7) is 7.65. The van der Waals surface area contributed by atoms with Crippen molar-refractivity contribution < 1.29 is 18.0 Å². The van der Waals surface area contributed by atoms with E-state index >= 15 is 0 Å². The summed E-state index contributed by atoms with van der Waals surface area (Å²) >= 11 is 1.25. The molecule has 0 bridgehead atoms. The zero-order valence-electron chi connectivity index (χ0n) is 13.9. The Morgan fingerprint density at radius 2 is 1.71 bits per heavy atom. The van der Waals surface area contributed by atoms with Crippen LogP contribution in [0.2, 0.25) is 0 Å². The van der Waals surface area contributed by atoms with Crippen LogP contribution in [0.4, 0.5) is 13.2 Å². The Bertz CT molecular complexity index is 676. The molecule has 0 spiro atoms. The monoisotopic (exact) mass is 356 g/mol. The Hall–Kier alpha value is -1.76. The smallest absolute Gasteiger partial charge is 0.284 e. The highest BCUT2D eigenvalue weighted by atomic mass is 32.2. The van der Waals surface area contributed by atoms with E-state index in [0.717, 1.165) is 12.1 Å². The van der Waals surface area contributed by atoms with E-state index in [-0.39, 0.29) is 18.0 Å². The van der Waals surface area contributed by atoms with Crippen molar-refractivity contribution in [2.45, 2.75) is 46.0 Å². The van der Waals surface area contributed by atoms with Gasteiger partial charge in [0.15, 0.2) is 5.17 Å². The molecule has 1 aliphatic rings. The molecular formula is C17H19F3N2OS. The molecule has 1 aromatic rings. The highest BCUT2D eigenvalue weighted by Gasteiger charge is 2.35. The van der Waals surface area contributed by atoms with Gasteiger partial charge in [0.05, 0.1) is 10.5 Å². The molecule has 0 aromatic heterocycles. The first-order valence-corrected chi connectivity index (χ1v) is 8.39. The molecule has 1 fully saturated rings. The number of alkyl halides is 3. The lowest BCUT2D eigenvalue weighted by Gasteiger charge is -2.20. The Morgan fingerprint density at radius 3 is 2.17 bits per heavy atom. The molecule has 1 aromatic carbocycles. The first-order chi connectivity index (χ1) is 11.1. The number of benzene rings is 1. The standard InChI is InChI=1S/C17H19F3N2OS/c1-10(2)21-16-22(11(3)4)15(23)14(24-16)9-12-5-7-13(8-6-12)17(18,19)20/h5-11H,1-4H3/b14-9+,21-16?. The summed E-state index contributed by atoms with van der Waals surface area (Å²) in [7, 11) is 0. The van der Waals surface area contributed by atoms with Crippen LogP contribution in [-0.2, 0) is 11.0 Å². The molecule has 130 valence electrons. The van der Waals surface area contributed by atoms with Crippen LogP contribution in [-0.4, -0.2) is 28.1 Å². The number of hydrogen-bond acceptors (Lipinski definition) is 3. The predicted molar refractivity (Wildman–Crippen MR) is 91.6 cm³/mol. The molecule has 2 rings (SSSR count). The van der Waals surface area contributed by atoms with Crippen LogP contribution in [0.15, 0.2) is 34.2 Å². The molecule has 0 N–H and O–H groups in total. The third-order valence-electron chi connectivity index (χ3n) is 3.26. The fourth-order valence-electron chi connectivity index (χ4n) is 2.17. The number of amides is 1. The van der Waals surface area contributed by atoms with Crippen molar-refractivity contribution >= 4 is 28.9 Å². The number of nitrogens with zero attached hydrogens (tertiary/aromatic N) is 2. The van der Waals surface area contributed by atoms with E-state index in [1.54, 1.807) is 11.0 Å². The highest BCUT2D eigenvalue weighted by molar-refractivity contribution is 8.18. The fourth-order valence-corrected chi connectivity index (χ4v) is 3.41. The van der Waals surface area contributed by atoms with E-state index in [0.29, 0.717) is 15.6 Å². The van der Waals surface area contributed by atoms with E-state index in [2.05, 4.69) is 4.99 Å². The van der Waals surface area contributed by atoms with E-state index in [9.17, 15) is 18.0 Å². The van der Waals surface area contributed by atoms with Crippen LogP contribution >= 0.6 is 11.8 Å². The van der Waals surface area contributed by atoms with Crippen LogP contribution < -0.4 is 0 Å². The lowest BCUT2D eigenvalue weighted by molar-refractivity contribution is -0.137. The van der Waals surface area contributed by atoms with Crippen LogP contribution in [0.3, 0.4) is 0 Å². The maximum absolute atomic E-state index is 12.6. The number of carbonyl (C=O) groups excluding carboxylic acids is 1. The largest absolute Gasteiger partial charge is 0.416 e. The highest BCUT2D eigenvalue weighted by Crippen LogP contribution is 2.35. The molecule has 1 amide bonds. The first kappa shape index (κ1) is 18.6. The lowest BCUT2D eigenvalue weighted by atomic mass is 10.1. The van der Waals surface area contributed by atoms with Gasteiger partial charge in [0.2, 0.25) is 0 Å². The van der Waals surface area contributed by atoms with Crippen LogP contribution in [0, 0.1) is 0 Å². The molecular weight excluding hydrogens is 337 g/mol. The van der Waals surface area contributed by atoms with E-state index in [1.807, 2.05) is 27.7 Å². The molecule has 7 heteroatoms.